The van der Waals surface area contributed by atoms with Gasteiger partial charge in [-0.2, -0.15) is 0 Å². The number of benzene rings is 2. The predicted octanol–water partition coefficient (Wildman–Crippen LogP) is 5.97. The molecule has 186 valence electrons. The first-order valence-corrected chi connectivity index (χ1v) is 14.1. The molecule has 1 saturated heterocycles. The smallest absolute Gasteiger partial charge is 0.254 e. The number of fused-ring (bicyclic) bond motifs is 1. The molecule has 2 unspecified atom stereocenters. The lowest BCUT2D eigenvalue weighted by molar-refractivity contribution is -0.135. The second kappa shape index (κ2) is 9.91. The van der Waals surface area contributed by atoms with Gasteiger partial charge in [-0.25, -0.2) is 0 Å². The van der Waals surface area contributed by atoms with E-state index in [1.54, 1.807) is 11.3 Å². The number of rotatable bonds is 4. The molecule has 5 nitrogen and oxygen atoms in total. The molecular formula is C29H30ClN3O2S. The van der Waals surface area contributed by atoms with Crippen LogP contribution in [0.25, 0.3) is 0 Å². The van der Waals surface area contributed by atoms with Crippen molar-refractivity contribution in [2.75, 3.05) is 31.1 Å². The van der Waals surface area contributed by atoms with Crippen molar-refractivity contribution in [1.82, 2.24) is 9.80 Å². The number of nitrogens with zero attached hydrogens (tertiary/aromatic N) is 3. The molecule has 3 aliphatic rings. The van der Waals surface area contributed by atoms with Gasteiger partial charge in [0.15, 0.2) is 0 Å². The molecule has 3 heterocycles. The second-order valence-corrected chi connectivity index (χ2v) is 11.4. The second-order valence-electron chi connectivity index (χ2n) is 9.97. The van der Waals surface area contributed by atoms with E-state index >= 15 is 0 Å². The van der Waals surface area contributed by atoms with E-state index in [0.717, 1.165) is 59.9 Å². The Labute approximate surface area is 221 Å². The van der Waals surface area contributed by atoms with Gasteiger partial charge < -0.3 is 14.7 Å². The topological polar surface area (TPSA) is 43.9 Å². The maximum absolute atomic E-state index is 14.3. The van der Waals surface area contributed by atoms with Crippen LogP contribution in [0, 0.1) is 0 Å². The molecule has 2 amide bonds. The average molecular weight is 520 g/mol. The lowest BCUT2D eigenvalue weighted by atomic mass is 9.80. The minimum absolute atomic E-state index is 0.0747. The van der Waals surface area contributed by atoms with Gasteiger partial charge in [-0.05, 0) is 54.1 Å². The Kier molecular flexibility index (Phi) is 6.48. The molecule has 7 heteroatoms. The molecule has 0 N–H and O–H groups in total. The van der Waals surface area contributed by atoms with E-state index in [1.807, 2.05) is 53.4 Å². The first-order chi connectivity index (χ1) is 17.6. The Bertz CT molecular complexity index is 1250. The number of halogens is 1. The molecule has 2 atom stereocenters. The largest absolute Gasteiger partial charge is 0.368 e. The highest BCUT2D eigenvalue weighted by Gasteiger charge is 2.48. The zero-order valence-electron chi connectivity index (χ0n) is 20.2. The maximum Gasteiger partial charge on any atom is 0.254 e. The third-order valence-corrected chi connectivity index (χ3v) is 9.14. The van der Waals surface area contributed by atoms with Gasteiger partial charge in [0.2, 0.25) is 5.91 Å². The van der Waals surface area contributed by atoms with Gasteiger partial charge >= 0.3 is 0 Å². The third kappa shape index (κ3) is 4.20. The zero-order chi connectivity index (χ0) is 24.6. The van der Waals surface area contributed by atoms with Gasteiger partial charge in [-0.3, -0.25) is 9.59 Å². The van der Waals surface area contributed by atoms with Crippen LogP contribution in [0.5, 0.6) is 0 Å². The first-order valence-electron chi connectivity index (χ1n) is 12.9. The fourth-order valence-electron chi connectivity index (χ4n) is 6.22. The number of carbonyl (C=O) groups excluding carboxylic acids is 2. The summed E-state index contributed by atoms with van der Waals surface area (Å²) < 4.78 is 0. The van der Waals surface area contributed by atoms with Crippen molar-refractivity contribution >= 4 is 40.4 Å². The summed E-state index contributed by atoms with van der Waals surface area (Å²) in [4.78, 5) is 35.7. The van der Waals surface area contributed by atoms with Crippen LogP contribution in [0.4, 0.5) is 5.69 Å². The summed E-state index contributed by atoms with van der Waals surface area (Å²) in [6.07, 6.45) is 4.29. The van der Waals surface area contributed by atoms with E-state index < -0.39 is 5.92 Å². The van der Waals surface area contributed by atoms with Gasteiger partial charge in [-0.15, -0.1) is 11.3 Å². The molecule has 0 spiro atoms. The van der Waals surface area contributed by atoms with Crippen LogP contribution in [0.2, 0.25) is 5.02 Å². The van der Waals surface area contributed by atoms with Gasteiger partial charge in [-0.1, -0.05) is 54.8 Å². The lowest BCUT2D eigenvalue weighted by Gasteiger charge is -2.46. The number of hydrogen-bond donors (Lipinski definition) is 0. The van der Waals surface area contributed by atoms with E-state index in [-0.39, 0.29) is 23.9 Å². The van der Waals surface area contributed by atoms with Crippen LogP contribution >= 0.6 is 22.9 Å². The van der Waals surface area contributed by atoms with Crippen LogP contribution < -0.4 is 4.90 Å². The van der Waals surface area contributed by atoms with Crippen molar-refractivity contribution in [3.8, 4) is 0 Å². The summed E-state index contributed by atoms with van der Waals surface area (Å²) in [5.74, 6) is -0.191. The first kappa shape index (κ1) is 23.6. The molecule has 0 bridgehead atoms. The summed E-state index contributed by atoms with van der Waals surface area (Å²) in [5, 5.41) is 2.78. The van der Waals surface area contributed by atoms with Crippen molar-refractivity contribution in [1.29, 1.82) is 0 Å². The number of amides is 2. The van der Waals surface area contributed by atoms with Gasteiger partial charge in [0.25, 0.3) is 5.91 Å². The van der Waals surface area contributed by atoms with E-state index in [9.17, 15) is 9.59 Å². The molecule has 2 aliphatic heterocycles. The van der Waals surface area contributed by atoms with E-state index in [4.69, 9.17) is 11.6 Å². The Morgan fingerprint density at radius 2 is 1.69 bits per heavy atom. The molecule has 36 heavy (non-hydrogen) atoms. The molecule has 6 rings (SSSR count). The van der Waals surface area contributed by atoms with E-state index in [0.29, 0.717) is 18.7 Å². The number of hydrogen-bond acceptors (Lipinski definition) is 4. The van der Waals surface area contributed by atoms with Gasteiger partial charge in [0, 0.05) is 53.4 Å². The van der Waals surface area contributed by atoms with Crippen LogP contribution in [0.1, 0.15) is 58.4 Å². The maximum atomic E-state index is 14.3. The lowest BCUT2D eigenvalue weighted by Crippen LogP contribution is -2.54. The van der Waals surface area contributed by atoms with Crippen LogP contribution in [-0.2, 0) is 4.79 Å². The number of carbonyl (C=O) groups is 2. The van der Waals surface area contributed by atoms with Crippen molar-refractivity contribution in [2.45, 2.75) is 43.7 Å². The molecule has 2 fully saturated rings. The third-order valence-electron chi connectivity index (χ3n) is 7.96. The molecule has 1 aliphatic carbocycles. The SMILES string of the molecule is O=C(C1c2ccccc2C(=O)N(C2CCCC2)C1c1cccs1)N1CCN(c2cccc(Cl)c2)CC1. The van der Waals surface area contributed by atoms with Crippen molar-refractivity contribution in [3.63, 3.8) is 0 Å². The van der Waals surface area contributed by atoms with Crippen molar-refractivity contribution < 1.29 is 9.59 Å². The Hall–Kier alpha value is -2.83. The number of piperazine rings is 1. The minimum Gasteiger partial charge on any atom is -0.368 e. The van der Waals surface area contributed by atoms with Crippen LogP contribution in [0.3, 0.4) is 0 Å². The molecule has 0 radical (unpaired) electrons. The highest BCUT2D eigenvalue weighted by molar-refractivity contribution is 7.10. The fourth-order valence-corrected chi connectivity index (χ4v) is 7.26. The van der Waals surface area contributed by atoms with Gasteiger partial charge in [0.1, 0.15) is 0 Å². The molecule has 1 saturated carbocycles. The minimum atomic E-state index is -0.393. The summed E-state index contributed by atoms with van der Waals surface area (Å²) in [7, 11) is 0. The summed E-state index contributed by atoms with van der Waals surface area (Å²) in [6, 6.07) is 19.7. The van der Waals surface area contributed by atoms with Crippen molar-refractivity contribution in [3.05, 3.63) is 87.1 Å². The Morgan fingerprint density at radius 3 is 2.42 bits per heavy atom. The summed E-state index contributed by atoms with van der Waals surface area (Å²) in [6.45, 7) is 2.82. The Balaban J connectivity index is 1.34. The van der Waals surface area contributed by atoms with Crippen LogP contribution in [-0.4, -0.2) is 53.8 Å². The fraction of sp³-hybridized carbons (Fsp3) is 0.379. The zero-order valence-corrected chi connectivity index (χ0v) is 21.8. The standard InChI is InChI=1S/C29H30ClN3O2S/c30-20-7-5-10-22(19-20)31-14-16-32(17-15-31)29(35)26-23-11-3-4-12-24(23)28(34)33(21-8-1-2-9-21)27(26)25-13-6-18-36-25/h3-7,10-13,18-19,21,26-27H,1-2,8-9,14-17H2. The highest BCUT2D eigenvalue weighted by atomic mass is 35.5. The molecule has 1 aromatic heterocycles. The molecule has 2 aromatic carbocycles. The van der Waals surface area contributed by atoms with E-state index in [2.05, 4.69) is 27.3 Å². The number of thiophene rings is 1. The summed E-state index contributed by atoms with van der Waals surface area (Å²) in [5.41, 5.74) is 2.65. The van der Waals surface area contributed by atoms with Crippen molar-refractivity contribution in [2.24, 2.45) is 0 Å². The highest BCUT2D eigenvalue weighted by Crippen LogP contribution is 2.47. The normalized spacial score (nSPS) is 22.7. The van der Waals surface area contributed by atoms with Gasteiger partial charge in [0.05, 0.1) is 12.0 Å². The molecular weight excluding hydrogens is 490 g/mol. The monoisotopic (exact) mass is 519 g/mol. The van der Waals surface area contributed by atoms with Crippen LogP contribution in [0.15, 0.2) is 66.0 Å². The quantitative estimate of drug-likeness (QED) is 0.426. The molecule has 3 aromatic rings. The average Bonchev–Trinajstić information content (AvgIpc) is 3.63. The number of anilines is 1. The predicted molar refractivity (Wildman–Crippen MR) is 145 cm³/mol. The van der Waals surface area contributed by atoms with E-state index in [1.165, 1.54) is 0 Å². The Morgan fingerprint density at radius 1 is 0.917 bits per heavy atom. The summed E-state index contributed by atoms with van der Waals surface area (Å²) >= 11 is 7.86.